The molecule has 3 aromatic heterocycles. The second kappa shape index (κ2) is 10.2. The molecular formula is C23H31N7O3S. The van der Waals surface area contributed by atoms with Crippen molar-refractivity contribution in [2.75, 3.05) is 23.8 Å². The van der Waals surface area contributed by atoms with Crippen LogP contribution < -0.4 is 16.2 Å². The van der Waals surface area contributed by atoms with E-state index in [1.54, 1.807) is 20.0 Å². The Morgan fingerprint density at radius 2 is 2.12 bits per heavy atom. The molecule has 1 fully saturated rings. The summed E-state index contributed by atoms with van der Waals surface area (Å²) in [5, 5.41) is 17.7. The van der Waals surface area contributed by atoms with Crippen LogP contribution >= 0.6 is 11.8 Å². The summed E-state index contributed by atoms with van der Waals surface area (Å²) >= 11 is 1.99. The molecule has 1 saturated heterocycles. The largest absolute Gasteiger partial charge is 0.490 e. The van der Waals surface area contributed by atoms with Gasteiger partial charge >= 0.3 is 0 Å². The second-order valence-electron chi connectivity index (χ2n) is 8.91. The lowest BCUT2D eigenvalue weighted by molar-refractivity contribution is 0.143. The Labute approximate surface area is 202 Å². The zero-order valence-electron chi connectivity index (χ0n) is 19.7. The van der Waals surface area contributed by atoms with Crippen molar-refractivity contribution in [1.29, 1.82) is 0 Å². The second-order valence-corrected chi connectivity index (χ2v) is 10.1. The lowest BCUT2D eigenvalue weighted by Crippen LogP contribution is -2.34. The molecule has 3 aromatic rings. The van der Waals surface area contributed by atoms with Crippen LogP contribution in [0.4, 0.5) is 5.82 Å². The average Bonchev–Trinajstić information content (AvgIpc) is 3.41. The molecule has 34 heavy (non-hydrogen) atoms. The van der Waals surface area contributed by atoms with Gasteiger partial charge in [0.15, 0.2) is 23.1 Å². The fourth-order valence-corrected chi connectivity index (χ4v) is 5.19. The van der Waals surface area contributed by atoms with Crippen LogP contribution in [0.15, 0.2) is 10.8 Å². The summed E-state index contributed by atoms with van der Waals surface area (Å²) in [5.74, 6) is 9.83. The summed E-state index contributed by atoms with van der Waals surface area (Å²) in [7, 11) is 0. The van der Waals surface area contributed by atoms with Crippen molar-refractivity contribution < 1.29 is 14.5 Å². The van der Waals surface area contributed by atoms with E-state index in [0.717, 1.165) is 24.8 Å². The van der Waals surface area contributed by atoms with Crippen molar-refractivity contribution in [3.63, 3.8) is 0 Å². The lowest BCUT2D eigenvalue weighted by atomic mass is 9.92. The van der Waals surface area contributed by atoms with Crippen LogP contribution in [0.25, 0.3) is 22.6 Å². The zero-order valence-corrected chi connectivity index (χ0v) is 20.6. The van der Waals surface area contributed by atoms with Crippen LogP contribution in [0.5, 0.6) is 5.75 Å². The third-order valence-electron chi connectivity index (χ3n) is 5.85. The molecular weight excluding hydrogens is 454 g/mol. The maximum absolute atomic E-state index is 10.1. The van der Waals surface area contributed by atoms with E-state index in [1.807, 2.05) is 23.3 Å². The molecule has 0 radical (unpaired) electrons. The minimum Gasteiger partial charge on any atom is -0.490 e. The van der Waals surface area contributed by atoms with Gasteiger partial charge in [0.2, 0.25) is 0 Å². The van der Waals surface area contributed by atoms with Crippen LogP contribution in [0.2, 0.25) is 0 Å². The topological polar surface area (TPSA) is 151 Å². The van der Waals surface area contributed by atoms with E-state index in [2.05, 4.69) is 27.1 Å². The van der Waals surface area contributed by atoms with Crippen LogP contribution in [0, 0.1) is 17.8 Å². The van der Waals surface area contributed by atoms with E-state index in [1.165, 1.54) is 11.5 Å². The van der Waals surface area contributed by atoms with Gasteiger partial charge < -0.3 is 25.9 Å². The van der Waals surface area contributed by atoms with E-state index in [0.29, 0.717) is 47.5 Å². The quantitative estimate of drug-likeness (QED) is 0.426. The number of hydrogen-bond donors (Lipinski definition) is 3. The van der Waals surface area contributed by atoms with Crippen molar-refractivity contribution in [1.82, 2.24) is 24.8 Å². The van der Waals surface area contributed by atoms with Gasteiger partial charge in [-0.15, -0.1) is 0 Å². The predicted molar refractivity (Wildman–Crippen MR) is 132 cm³/mol. The number of anilines is 1. The smallest absolute Gasteiger partial charge is 0.199 e. The number of nitrogens with two attached hydrogens (primary N) is 2. The Hall–Kier alpha value is -2.81. The molecule has 4 rings (SSSR count). The predicted octanol–water partition coefficient (Wildman–Crippen LogP) is 2.45. The minimum absolute atomic E-state index is 0.105. The molecule has 10 nitrogen and oxygen atoms in total. The number of pyridine rings is 1. The highest BCUT2D eigenvalue weighted by molar-refractivity contribution is 7.99. The summed E-state index contributed by atoms with van der Waals surface area (Å²) in [4.78, 5) is 9.21. The highest BCUT2D eigenvalue weighted by atomic mass is 32.2. The van der Waals surface area contributed by atoms with Crippen molar-refractivity contribution in [3.05, 3.63) is 11.9 Å². The summed E-state index contributed by atoms with van der Waals surface area (Å²) < 4.78 is 12.9. The normalized spacial score (nSPS) is 15.8. The summed E-state index contributed by atoms with van der Waals surface area (Å²) in [6, 6.07) is 0.105. The van der Waals surface area contributed by atoms with Crippen LogP contribution in [-0.4, -0.2) is 59.7 Å². The molecule has 1 aliphatic heterocycles. The molecule has 0 bridgehead atoms. The maximum atomic E-state index is 10.1. The van der Waals surface area contributed by atoms with E-state index in [-0.39, 0.29) is 11.9 Å². The average molecular weight is 486 g/mol. The first-order valence-corrected chi connectivity index (χ1v) is 12.6. The molecule has 0 spiro atoms. The Morgan fingerprint density at radius 1 is 1.35 bits per heavy atom. The standard InChI is InChI=1S/C23H31N7O3S/c1-4-30-20-17(32-10-6-15(24)14-7-11-34-12-8-14)13-26-16(5-9-23(2,3)31)18(20)27-22(30)19-21(25)29-33-28-19/h13-15,31H,4,6-8,10-12,24H2,1-3H3,(H2,25,29). The number of nitrogen functional groups attached to an aromatic ring is 1. The van der Waals surface area contributed by atoms with Gasteiger partial charge in [-0.1, -0.05) is 5.92 Å². The monoisotopic (exact) mass is 485 g/mol. The van der Waals surface area contributed by atoms with Gasteiger partial charge in [0.25, 0.3) is 0 Å². The Balaban J connectivity index is 1.69. The van der Waals surface area contributed by atoms with Gasteiger partial charge in [-0.25, -0.2) is 14.6 Å². The molecule has 4 heterocycles. The fraction of sp³-hybridized carbons (Fsp3) is 0.565. The number of fused-ring (bicyclic) bond motifs is 1. The number of rotatable bonds is 7. The molecule has 0 aromatic carbocycles. The van der Waals surface area contributed by atoms with Crippen molar-refractivity contribution >= 4 is 28.6 Å². The van der Waals surface area contributed by atoms with E-state index < -0.39 is 5.60 Å². The Morgan fingerprint density at radius 3 is 2.76 bits per heavy atom. The molecule has 0 saturated carbocycles. The summed E-state index contributed by atoms with van der Waals surface area (Å²) in [5.41, 5.74) is 13.3. The summed E-state index contributed by atoms with van der Waals surface area (Å²) in [6.45, 7) is 6.24. The number of thioether (sulfide) groups is 1. The van der Waals surface area contributed by atoms with E-state index in [9.17, 15) is 5.11 Å². The minimum atomic E-state index is -1.17. The van der Waals surface area contributed by atoms with Crippen molar-refractivity contribution in [2.45, 2.75) is 58.2 Å². The summed E-state index contributed by atoms with van der Waals surface area (Å²) in [6.07, 6.45) is 4.71. The Bertz CT molecular complexity index is 1200. The molecule has 0 aliphatic carbocycles. The molecule has 5 N–H and O–H groups in total. The van der Waals surface area contributed by atoms with Crippen LogP contribution in [0.1, 0.15) is 45.7 Å². The van der Waals surface area contributed by atoms with Gasteiger partial charge in [0, 0.05) is 12.6 Å². The highest BCUT2D eigenvalue weighted by Crippen LogP contribution is 2.33. The molecule has 1 aliphatic rings. The zero-order chi connectivity index (χ0) is 24.3. The number of aryl methyl sites for hydroxylation is 1. The molecule has 11 heteroatoms. The number of ether oxygens (including phenoxy) is 1. The number of hydrogen-bond acceptors (Lipinski definition) is 10. The van der Waals surface area contributed by atoms with E-state index >= 15 is 0 Å². The van der Waals surface area contributed by atoms with Crippen molar-refractivity contribution in [3.8, 4) is 29.1 Å². The molecule has 1 atom stereocenters. The number of aromatic nitrogens is 5. The van der Waals surface area contributed by atoms with Gasteiger partial charge in [-0.3, -0.25) is 0 Å². The van der Waals surface area contributed by atoms with Gasteiger partial charge in [0.05, 0.1) is 12.8 Å². The van der Waals surface area contributed by atoms with Crippen LogP contribution in [0.3, 0.4) is 0 Å². The lowest BCUT2D eigenvalue weighted by Gasteiger charge is -2.27. The fourth-order valence-electron chi connectivity index (χ4n) is 4.05. The van der Waals surface area contributed by atoms with Gasteiger partial charge in [-0.2, -0.15) is 11.8 Å². The molecule has 182 valence electrons. The van der Waals surface area contributed by atoms with Crippen LogP contribution in [-0.2, 0) is 6.54 Å². The number of nitrogens with zero attached hydrogens (tertiary/aromatic N) is 5. The number of imidazole rings is 1. The van der Waals surface area contributed by atoms with Crippen molar-refractivity contribution in [2.24, 2.45) is 11.7 Å². The first-order valence-electron chi connectivity index (χ1n) is 11.5. The van der Waals surface area contributed by atoms with Gasteiger partial charge in [-0.05, 0) is 73.7 Å². The SMILES string of the molecule is CCn1c(-c2nonc2N)nc2c(C#CC(C)(C)O)ncc(OCCC(N)C3CCSCC3)c21. The number of aliphatic hydroxyl groups is 1. The van der Waals surface area contributed by atoms with Gasteiger partial charge in [0.1, 0.15) is 22.3 Å². The van der Waals surface area contributed by atoms with E-state index in [4.69, 9.17) is 25.8 Å². The Kier molecular flexibility index (Phi) is 7.30. The highest BCUT2D eigenvalue weighted by Gasteiger charge is 2.24. The molecule has 1 unspecified atom stereocenters. The third kappa shape index (κ3) is 5.29. The maximum Gasteiger partial charge on any atom is 0.199 e. The molecule has 0 amide bonds. The first-order chi connectivity index (χ1) is 16.3. The first kappa shape index (κ1) is 24.3. The third-order valence-corrected chi connectivity index (χ3v) is 6.89.